The number of nitrogens with zero attached hydrogens (tertiary/aromatic N) is 1. The lowest BCUT2D eigenvalue weighted by Crippen LogP contribution is -2.42. The van der Waals surface area contributed by atoms with E-state index in [1.54, 1.807) is 0 Å². The number of hydrogen-bond acceptors (Lipinski definition) is 2. The van der Waals surface area contributed by atoms with Crippen LogP contribution in [0.3, 0.4) is 0 Å². The van der Waals surface area contributed by atoms with Crippen molar-refractivity contribution in [1.29, 1.82) is 0 Å². The van der Waals surface area contributed by atoms with Gasteiger partial charge in [-0.3, -0.25) is 4.90 Å². The number of aliphatic hydroxyl groups excluding tert-OH is 1. The highest BCUT2D eigenvalue weighted by Gasteiger charge is 2.20. The van der Waals surface area contributed by atoms with Gasteiger partial charge in [-0.15, -0.1) is 0 Å². The Morgan fingerprint density at radius 3 is 2.07 bits per heavy atom. The first kappa shape index (κ1) is 12.0. The minimum atomic E-state index is -0.144. The molecule has 0 spiro atoms. The molecule has 0 bridgehead atoms. The van der Waals surface area contributed by atoms with Crippen molar-refractivity contribution in [2.45, 2.75) is 64.5 Å². The molecule has 14 heavy (non-hydrogen) atoms. The summed E-state index contributed by atoms with van der Waals surface area (Å²) < 4.78 is 0. The molecule has 1 saturated heterocycles. The maximum absolute atomic E-state index is 9.80. The highest BCUT2D eigenvalue weighted by molar-refractivity contribution is 4.75. The fraction of sp³-hybridized carbons (Fsp3) is 1.00. The van der Waals surface area contributed by atoms with E-state index in [1.807, 2.05) is 0 Å². The van der Waals surface area contributed by atoms with Crippen molar-refractivity contribution in [1.82, 2.24) is 4.90 Å². The Kier molecular flexibility index (Phi) is 5.49. The van der Waals surface area contributed by atoms with E-state index in [4.69, 9.17) is 0 Å². The molecule has 1 rings (SSSR count). The second-order valence-electron chi connectivity index (χ2n) is 4.52. The first-order valence-corrected chi connectivity index (χ1v) is 6.17. The summed E-state index contributed by atoms with van der Waals surface area (Å²) in [5.74, 6) is 0. The van der Waals surface area contributed by atoms with Gasteiger partial charge < -0.3 is 5.11 Å². The zero-order chi connectivity index (χ0) is 10.4. The fourth-order valence-electron chi connectivity index (χ4n) is 2.26. The second-order valence-corrected chi connectivity index (χ2v) is 4.52. The van der Waals surface area contributed by atoms with E-state index >= 15 is 0 Å². The molecule has 0 aromatic heterocycles. The molecule has 2 nitrogen and oxygen atoms in total. The van der Waals surface area contributed by atoms with Crippen molar-refractivity contribution in [3.05, 3.63) is 0 Å². The van der Waals surface area contributed by atoms with Crippen LogP contribution in [0, 0.1) is 0 Å². The first-order valence-electron chi connectivity index (χ1n) is 6.17. The van der Waals surface area contributed by atoms with Gasteiger partial charge in [-0.2, -0.15) is 0 Å². The van der Waals surface area contributed by atoms with Crippen LogP contribution in [0.25, 0.3) is 0 Å². The molecule has 1 fully saturated rings. The Hall–Kier alpha value is -0.0800. The minimum Gasteiger partial charge on any atom is -0.392 e. The average molecular weight is 199 g/mol. The lowest BCUT2D eigenvalue weighted by atomic mass is 10.0. The lowest BCUT2D eigenvalue weighted by Gasteiger charge is -2.33. The predicted molar refractivity (Wildman–Crippen MR) is 60.4 cm³/mol. The molecule has 84 valence electrons. The van der Waals surface area contributed by atoms with Gasteiger partial charge in [0, 0.05) is 6.04 Å². The molecular weight excluding hydrogens is 174 g/mol. The van der Waals surface area contributed by atoms with Crippen LogP contribution < -0.4 is 0 Å². The van der Waals surface area contributed by atoms with Crippen LogP contribution in [0.5, 0.6) is 0 Å². The number of rotatable bonds is 3. The van der Waals surface area contributed by atoms with E-state index in [1.165, 1.54) is 45.2 Å². The van der Waals surface area contributed by atoms with Gasteiger partial charge in [-0.05, 0) is 39.3 Å². The summed E-state index contributed by atoms with van der Waals surface area (Å²) in [5.41, 5.74) is 0. The Morgan fingerprint density at radius 1 is 1.07 bits per heavy atom. The van der Waals surface area contributed by atoms with Crippen molar-refractivity contribution < 1.29 is 5.11 Å². The molecule has 2 atom stereocenters. The van der Waals surface area contributed by atoms with Crippen LogP contribution in [0.1, 0.15) is 52.4 Å². The van der Waals surface area contributed by atoms with Crippen molar-refractivity contribution >= 4 is 0 Å². The molecule has 1 aliphatic rings. The van der Waals surface area contributed by atoms with Crippen LogP contribution in [0.2, 0.25) is 0 Å². The zero-order valence-corrected chi connectivity index (χ0v) is 9.71. The molecule has 1 heterocycles. The van der Waals surface area contributed by atoms with Gasteiger partial charge in [-0.25, -0.2) is 0 Å². The van der Waals surface area contributed by atoms with Gasteiger partial charge in [0.15, 0.2) is 0 Å². The predicted octanol–water partition coefficient (Wildman–Crippen LogP) is 2.41. The van der Waals surface area contributed by atoms with Crippen molar-refractivity contribution in [2.75, 3.05) is 13.1 Å². The lowest BCUT2D eigenvalue weighted by molar-refractivity contribution is 0.0515. The largest absolute Gasteiger partial charge is 0.392 e. The van der Waals surface area contributed by atoms with E-state index in [0.29, 0.717) is 6.04 Å². The van der Waals surface area contributed by atoms with Gasteiger partial charge in [-0.1, -0.05) is 26.2 Å². The fourth-order valence-corrected chi connectivity index (χ4v) is 2.26. The van der Waals surface area contributed by atoms with Crippen molar-refractivity contribution in [3.8, 4) is 0 Å². The topological polar surface area (TPSA) is 23.5 Å². The van der Waals surface area contributed by atoms with Crippen LogP contribution in [0.15, 0.2) is 0 Å². The van der Waals surface area contributed by atoms with Crippen LogP contribution in [-0.4, -0.2) is 35.2 Å². The van der Waals surface area contributed by atoms with E-state index < -0.39 is 0 Å². The quantitative estimate of drug-likeness (QED) is 0.754. The second kappa shape index (κ2) is 6.41. The van der Waals surface area contributed by atoms with Gasteiger partial charge in [0.2, 0.25) is 0 Å². The normalized spacial score (nSPS) is 25.1. The van der Waals surface area contributed by atoms with Gasteiger partial charge >= 0.3 is 0 Å². The monoisotopic (exact) mass is 199 g/mol. The van der Waals surface area contributed by atoms with E-state index in [0.717, 1.165) is 6.42 Å². The molecule has 1 aliphatic heterocycles. The van der Waals surface area contributed by atoms with E-state index in [-0.39, 0.29) is 6.10 Å². The Bertz CT molecular complexity index is 141. The van der Waals surface area contributed by atoms with Crippen molar-refractivity contribution in [3.63, 3.8) is 0 Å². The Labute approximate surface area is 88.3 Å². The molecule has 0 aromatic rings. The zero-order valence-electron chi connectivity index (χ0n) is 9.71. The summed E-state index contributed by atoms with van der Waals surface area (Å²) in [6.07, 6.45) is 7.48. The molecule has 1 N–H and O–H groups in total. The molecule has 0 amide bonds. The number of hydrogen-bond donors (Lipinski definition) is 1. The average Bonchev–Trinajstić information content (AvgIpc) is 2.15. The summed E-state index contributed by atoms with van der Waals surface area (Å²) in [4.78, 5) is 2.47. The summed E-state index contributed by atoms with van der Waals surface area (Å²) in [6, 6.07) is 0.345. The van der Waals surface area contributed by atoms with Crippen LogP contribution in [0.4, 0.5) is 0 Å². The molecule has 2 heteroatoms. The third-order valence-electron chi connectivity index (χ3n) is 3.44. The minimum absolute atomic E-state index is 0.144. The summed E-state index contributed by atoms with van der Waals surface area (Å²) in [5, 5.41) is 9.80. The molecule has 0 radical (unpaired) electrons. The van der Waals surface area contributed by atoms with E-state index in [2.05, 4.69) is 18.7 Å². The molecular formula is C12H25NO. The molecule has 0 aromatic carbocycles. The van der Waals surface area contributed by atoms with Gasteiger partial charge in [0.05, 0.1) is 6.10 Å². The number of aliphatic hydroxyl groups is 1. The first-order chi connectivity index (χ1) is 6.75. The van der Waals surface area contributed by atoms with Crippen LogP contribution >= 0.6 is 0 Å². The molecule has 0 saturated carbocycles. The van der Waals surface area contributed by atoms with Gasteiger partial charge in [0.25, 0.3) is 0 Å². The standard InChI is InChI=1S/C12H25NO/c1-3-12(14)11(2)13-9-7-5-4-6-8-10-13/h11-12,14H,3-10H2,1-2H3. The Balaban J connectivity index is 2.38. The molecule has 2 unspecified atom stereocenters. The third kappa shape index (κ3) is 3.58. The smallest absolute Gasteiger partial charge is 0.0690 e. The SMILES string of the molecule is CCC(O)C(C)N1CCCCCCC1. The summed E-state index contributed by atoms with van der Waals surface area (Å²) >= 11 is 0. The number of likely N-dealkylation sites (tertiary alicyclic amines) is 1. The van der Waals surface area contributed by atoms with Crippen molar-refractivity contribution in [2.24, 2.45) is 0 Å². The van der Waals surface area contributed by atoms with E-state index in [9.17, 15) is 5.11 Å². The molecule has 0 aliphatic carbocycles. The van der Waals surface area contributed by atoms with Gasteiger partial charge in [0.1, 0.15) is 0 Å². The summed E-state index contributed by atoms with van der Waals surface area (Å²) in [6.45, 7) is 6.58. The summed E-state index contributed by atoms with van der Waals surface area (Å²) in [7, 11) is 0. The maximum Gasteiger partial charge on any atom is 0.0690 e. The highest BCUT2D eigenvalue weighted by Crippen LogP contribution is 2.15. The third-order valence-corrected chi connectivity index (χ3v) is 3.44. The highest BCUT2D eigenvalue weighted by atomic mass is 16.3. The van der Waals surface area contributed by atoms with Crippen LogP contribution in [-0.2, 0) is 0 Å². The maximum atomic E-state index is 9.80. The Morgan fingerprint density at radius 2 is 1.57 bits per heavy atom.